The van der Waals surface area contributed by atoms with Gasteiger partial charge >= 0.3 is 5.97 Å². The number of aromatic nitrogens is 2. The number of hydrogen-bond acceptors (Lipinski definition) is 5. The number of rotatable bonds is 5. The number of benzene rings is 1. The van der Waals surface area contributed by atoms with Crippen molar-refractivity contribution in [3.8, 4) is 11.1 Å². The minimum Gasteiger partial charge on any atom is -0.462 e. The molecule has 0 radical (unpaired) electrons. The third-order valence-corrected chi connectivity index (χ3v) is 5.79. The quantitative estimate of drug-likeness (QED) is 0.456. The van der Waals surface area contributed by atoms with Gasteiger partial charge in [-0.25, -0.2) is 9.78 Å². The van der Waals surface area contributed by atoms with Crippen molar-refractivity contribution in [1.82, 2.24) is 9.38 Å². The van der Waals surface area contributed by atoms with Crippen molar-refractivity contribution in [2.24, 2.45) is 0 Å². The van der Waals surface area contributed by atoms with Gasteiger partial charge in [0.1, 0.15) is 21.9 Å². The number of aryl methyl sites for hydroxylation is 2. The molecule has 30 heavy (non-hydrogen) atoms. The highest BCUT2D eigenvalue weighted by Gasteiger charge is 2.27. The lowest BCUT2D eigenvalue weighted by Gasteiger charge is -2.09. The van der Waals surface area contributed by atoms with Gasteiger partial charge in [0, 0.05) is 16.6 Å². The van der Waals surface area contributed by atoms with Crippen LogP contribution in [-0.2, 0) is 4.74 Å². The van der Waals surface area contributed by atoms with Crippen LogP contribution in [-0.4, -0.2) is 27.9 Å². The molecule has 4 aromatic rings. The van der Waals surface area contributed by atoms with Crippen LogP contribution in [0.15, 0.2) is 54.7 Å². The summed E-state index contributed by atoms with van der Waals surface area (Å²) in [6, 6.07) is 15.2. The third kappa shape index (κ3) is 3.48. The van der Waals surface area contributed by atoms with E-state index in [0.29, 0.717) is 27.6 Å². The fraction of sp³-hybridized carbons (Fsp3) is 0.174. The summed E-state index contributed by atoms with van der Waals surface area (Å²) in [4.78, 5) is 31.4. The summed E-state index contributed by atoms with van der Waals surface area (Å²) in [5.74, 6) is -0.775. The Hall–Kier alpha value is -3.45. The van der Waals surface area contributed by atoms with E-state index < -0.39 is 5.97 Å². The molecule has 0 aliphatic rings. The van der Waals surface area contributed by atoms with Gasteiger partial charge in [0.15, 0.2) is 0 Å². The lowest BCUT2D eigenvalue weighted by atomic mass is 10.0. The van der Waals surface area contributed by atoms with E-state index in [1.54, 1.807) is 24.4 Å². The molecule has 1 aromatic carbocycles. The fourth-order valence-electron chi connectivity index (χ4n) is 3.53. The van der Waals surface area contributed by atoms with Gasteiger partial charge in [0.2, 0.25) is 0 Å². The number of fused-ring (bicyclic) bond motifs is 1. The molecule has 1 amide bonds. The molecule has 0 saturated carbocycles. The zero-order valence-corrected chi connectivity index (χ0v) is 17.7. The second-order valence-electron chi connectivity index (χ2n) is 6.75. The van der Waals surface area contributed by atoms with Crippen molar-refractivity contribution < 1.29 is 14.3 Å². The van der Waals surface area contributed by atoms with Crippen LogP contribution in [0.1, 0.15) is 38.3 Å². The molecule has 0 unspecified atom stereocenters. The topological polar surface area (TPSA) is 72.7 Å². The van der Waals surface area contributed by atoms with Crippen molar-refractivity contribution >= 4 is 33.9 Å². The molecule has 3 heterocycles. The zero-order chi connectivity index (χ0) is 21.3. The van der Waals surface area contributed by atoms with Gasteiger partial charge in [0.05, 0.1) is 12.3 Å². The number of pyridine rings is 1. The molecule has 0 atom stereocenters. The van der Waals surface area contributed by atoms with Gasteiger partial charge < -0.3 is 10.1 Å². The minimum atomic E-state index is -0.453. The van der Waals surface area contributed by atoms with E-state index in [4.69, 9.17) is 4.74 Å². The number of imidazole rings is 1. The van der Waals surface area contributed by atoms with E-state index in [1.807, 2.05) is 55.5 Å². The lowest BCUT2D eigenvalue weighted by Crippen LogP contribution is -2.17. The highest BCUT2D eigenvalue weighted by Crippen LogP contribution is 2.40. The summed E-state index contributed by atoms with van der Waals surface area (Å²) >= 11 is 1.36. The first kappa shape index (κ1) is 19.8. The Kier molecular flexibility index (Phi) is 5.37. The molecule has 0 saturated heterocycles. The maximum Gasteiger partial charge on any atom is 0.341 e. The maximum absolute atomic E-state index is 13.2. The molecular weight excluding hydrogens is 398 g/mol. The first-order chi connectivity index (χ1) is 14.5. The minimum absolute atomic E-state index is 0.252. The van der Waals surface area contributed by atoms with Gasteiger partial charge in [0.25, 0.3) is 5.91 Å². The van der Waals surface area contributed by atoms with Crippen LogP contribution in [0.2, 0.25) is 0 Å². The van der Waals surface area contributed by atoms with Crippen molar-refractivity contribution in [2.75, 3.05) is 11.9 Å². The van der Waals surface area contributed by atoms with Crippen LogP contribution in [0, 0.1) is 13.8 Å². The maximum atomic E-state index is 13.2. The molecule has 0 spiro atoms. The average molecular weight is 420 g/mol. The molecule has 0 aliphatic heterocycles. The van der Waals surface area contributed by atoms with E-state index in [9.17, 15) is 9.59 Å². The molecule has 7 heteroatoms. The van der Waals surface area contributed by atoms with E-state index in [-0.39, 0.29) is 12.5 Å². The smallest absolute Gasteiger partial charge is 0.341 e. The van der Waals surface area contributed by atoms with Crippen molar-refractivity contribution in [3.05, 3.63) is 76.6 Å². The number of anilines is 1. The van der Waals surface area contributed by atoms with Gasteiger partial charge in [-0.1, -0.05) is 36.4 Å². The molecule has 1 N–H and O–H groups in total. The zero-order valence-electron chi connectivity index (χ0n) is 16.9. The van der Waals surface area contributed by atoms with Crippen LogP contribution < -0.4 is 5.32 Å². The molecule has 3 aromatic heterocycles. The molecule has 6 nitrogen and oxygen atoms in total. The number of ether oxygens (including phenoxy) is 1. The number of carbonyl (C=O) groups is 2. The summed E-state index contributed by atoms with van der Waals surface area (Å²) in [6.07, 6.45) is 1.80. The standard InChI is InChI=1S/C23H21N3O3S/c1-4-29-23(28)19-18(16-10-6-5-7-11-16)15(3)30-22(19)25-21(27)20-14(2)24-17-12-8-9-13-26(17)20/h5-13H,4H2,1-3H3,(H,25,27). The van der Waals surface area contributed by atoms with Crippen LogP contribution in [0.4, 0.5) is 5.00 Å². The van der Waals surface area contributed by atoms with Crippen LogP contribution >= 0.6 is 11.3 Å². The van der Waals surface area contributed by atoms with Crippen molar-refractivity contribution in [1.29, 1.82) is 0 Å². The largest absolute Gasteiger partial charge is 0.462 e. The first-order valence-electron chi connectivity index (χ1n) is 9.62. The number of nitrogens with zero attached hydrogens (tertiary/aromatic N) is 2. The summed E-state index contributed by atoms with van der Waals surface area (Å²) < 4.78 is 7.05. The molecular formula is C23H21N3O3S. The Morgan fingerprint density at radius 3 is 2.57 bits per heavy atom. The highest BCUT2D eigenvalue weighted by atomic mass is 32.1. The Labute approximate surface area is 178 Å². The van der Waals surface area contributed by atoms with E-state index in [2.05, 4.69) is 10.3 Å². The Bertz CT molecular complexity index is 1240. The number of hydrogen-bond donors (Lipinski definition) is 1. The monoisotopic (exact) mass is 419 g/mol. The fourth-order valence-corrected chi connectivity index (χ4v) is 4.59. The van der Waals surface area contributed by atoms with E-state index >= 15 is 0 Å². The number of thiophene rings is 1. The van der Waals surface area contributed by atoms with Crippen LogP contribution in [0.5, 0.6) is 0 Å². The summed E-state index contributed by atoms with van der Waals surface area (Å²) in [7, 11) is 0. The van der Waals surface area contributed by atoms with E-state index in [1.165, 1.54) is 11.3 Å². The number of amides is 1. The predicted molar refractivity (Wildman–Crippen MR) is 118 cm³/mol. The van der Waals surface area contributed by atoms with Crippen LogP contribution in [0.25, 0.3) is 16.8 Å². The Balaban J connectivity index is 1.80. The Morgan fingerprint density at radius 1 is 1.10 bits per heavy atom. The summed E-state index contributed by atoms with van der Waals surface area (Å²) in [5, 5.41) is 3.41. The average Bonchev–Trinajstić information content (AvgIpc) is 3.24. The number of esters is 1. The summed E-state index contributed by atoms with van der Waals surface area (Å²) in [5.41, 5.74) is 3.81. The van der Waals surface area contributed by atoms with E-state index in [0.717, 1.165) is 16.0 Å². The van der Waals surface area contributed by atoms with Gasteiger partial charge in [-0.3, -0.25) is 9.20 Å². The lowest BCUT2D eigenvalue weighted by molar-refractivity contribution is 0.0529. The second kappa shape index (κ2) is 8.12. The predicted octanol–water partition coefficient (Wildman–Crippen LogP) is 5.11. The third-order valence-electron chi connectivity index (χ3n) is 4.77. The van der Waals surface area contributed by atoms with Crippen LogP contribution in [0.3, 0.4) is 0 Å². The normalized spacial score (nSPS) is 10.9. The van der Waals surface area contributed by atoms with Gasteiger partial charge in [-0.15, -0.1) is 11.3 Å². The molecule has 0 aliphatic carbocycles. The molecule has 0 fully saturated rings. The second-order valence-corrected chi connectivity index (χ2v) is 7.98. The highest BCUT2D eigenvalue weighted by molar-refractivity contribution is 7.17. The molecule has 4 rings (SSSR count). The van der Waals surface area contributed by atoms with Crippen molar-refractivity contribution in [3.63, 3.8) is 0 Å². The van der Waals surface area contributed by atoms with Gasteiger partial charge in [-0.05, 0) is 38.5 Å². The molecule has 152 valence electrons. The SMILES string of the molecule is CCOC(=O)c1c(NC(=O)c2c(C)nc3ccccn23)sc(C)c1-c1ccccc1. The first-order valence-corrected chi connectivity index (χ1v) is 10.4. The Morgan fingerprint density at radius 2 is 1.83 bits per heavy atom. The molecule has 0 bridgehead atoms. The number of carbonyl (C=O) groups excluding carboxylic acids is 2. The van der Waals surface area contributed by atoms with Crippen molar-refractivity contribution in [2.45, 2.75) is 20.8 Å². The van der Waals surface area contributed by atoms with Gasteiger partial charge in [-0.2, -0.15) is 0 Å². The number of nitrogens with one attached hydrogen (secondary N) is 1. The summed E-state index contributed by atoms with van der Waals surface area (Å²) in [6.45, 7) is 5.75.